The number of rotatable bonds is 10. The van der Waals surface area contributed by atoms with Crippen LogP contribution < -0.4 is 4.31 Å². The molecule has 0 fully saturated rings. The summed E-state index contributed by atoms with van der Waals surface area (Å²) in [6.45, 7) is 0.299. The zero-order valence-corrected chi connectivity index (χ0v) is 24.8. The molecule has 0 aliphatic carbocycles. The summed E-state index contributed by atoms with van der Waals surface area (Å²) in [6, 6.07) is 5.89. The minimum Gasteiger partial charge on any atom is -0.468 e. The van der Waals surface area contributed by atoms with Gasteiger partial charge < -0.3 is 4.74 Å². The fraction of sp³-hybridized carbons (Fsp3) is 0.208. The van der Waals surface area contributed by atoms with Gasteiger partial charge in [0.15, 0.2) is 0 Å². The van der Waals surface area contributed by atoms with Crippen molar-refractivity contribution >= 4 is 62.5 Å². The lowest BCUT2D eigenvalue weighted by atomic mass is 10.1. The molecule has 21 heteroatoms. The molecule has 0 saturated heterocycles. The van der Waals surface area contributed by atoms with Crippen LogP contribution in [0.5, 0.6) is 0 Å². The van der Waals surface area contributed by atoms with Crippen molar-refractivity contribution in [3.05, 3.63) is 96.5 Å². The molecule has 0 N–H and O–H groups in total. The van der Waals surface area contributed by atoms with Gasteiger partial charge in [-0.05, 0) is 37.3 Å². The van der Waals surface area contributed by atoms with Crippen molar-refractivity contribution in [1.29, 1.82) is 0 Å². The van der Waals surface area contributed by atoms with Crippen molar-refractivity contribution in [2.45, 2.75) is 24.2 Å². The second-order valence-electron chi connectivity index (χ2n) is 8.77. The van der Waals surface area contributed by atoms with E-state index in [-0.39, 0.29) is 26.2 Å². The first-order chi connectivity index (χ1) is 20.7. The summed E-state index contributed by atoms with van der Waals surface area (Å²) in [6.07, 6.45) is -10.8. The summed E-state index contributed by atoms with van der Waals surface area (Å²) in [5, 5.41) is 22.7. The normalized spacial score (nSPS) is 12.2. The minimum absolute atomic E-state index is 0.0247. The number of carbonyl (C=O) groups excluding carboxylic acids is 1. The predicted octanol–water partition coefficient (Wildman–Crippen LogP) is 7.07. The highest BCUT2D eigenvalue weighted by Crippen LogP contribution is 2.52. The van der Waals surface area contributed by atoms with Crippen molar-refractivity contribution in [2.24, 2.45) is 0 Å². The Labute approximate surface area is 258 Å². The number of nitro groups is 2. The van der Waals surface area contributed by atoms with E-state index in [1.807, 2.05) is 0 Å². The SMILES string of the molecule is COC(=O)CN(SN(c1cc(C(F)(F)F)ccc1Cl)c1c([N+](=O)[O-])cc([N+](=O)[O-])cc1C(F)(F)F)S(=O)(=O)c1ccc(C)cc1. The quantitative estimate of drug-likeness (QED) is 0.0705. The number of non-ortho nitro benzene ring substituents is 1. The molecule has 3 rings (SSSR count). The molecule has 45 heavy (non-hydrogen) atoms. The first-order valence-corrected chi connectivity index (χ1v) is 14.3. The molecule has 0 atom stereocenters. The van der Waals surface area contributed by atoms with E-state index >= 15 is 0 Å². The highest BCUT2D eigenvalue weighted by Gasteiger charge is 2.44. The predicted molar refractivity (Wildman–Crippen MR) is 148 cm³/mol. The number of ether oxygens (including phenoxy) is 1. The maximum Gasteiger partial charge on any atom is 0.418 e. The summed E-state index contributed by atoms with van der Waals surface area (Å²) >= 11 is 5.70. The van der Waals surface area contributed by atoms with Crippen molar-refractivity contribution in [3.63, 3.8) is 0 Å². The Kier molecular flexibility index (Phi) is 10.3. The summed E-state index contributed by atoms with van der Waals surface area (Å²) < 4.78 is 116. The minimum atomic E-state index is -5.65. The van der Waals surface area contributed by atoms with E-state index in [1.54, 1.807) is 6.92 Å². The molecule has 242 valence electrons. The number of hydrogen-bond donors (Lipinski definition) is 0. The summed E-state index contributed by atoms with van der Waals surface area (Å²) in [5.74, 6) is -1.30. The zero-order chi connectivity index (χ0) is 34.1. The second-order valence-corrected chi connectivity index (χ2v) is 12.2. The van der Waals surface area contributed by atoms with E-state index in [9.17, 15) is 59.8 Å². The number of carbonyl (C=O) groups is 1. The van der Waals surface area contributed by atoms with Crippen molar-refractivity contribution in [3.8, 4) is 0 Å². The van der Waals surface area contributed by atoms with Crippen LogP contribution in [0, 0.1) is 27.2 Å². The Hall–Kier alpha value is -4.14. The first kappa shape index (κ1) is 35.3. The fourth-order valence-corrected chi connectivity index (χ4v) is 6.48. The van der Waals surface area contributed by atoms with Crippen LogP contribution in [0.2, 0.25) is 5.02 Å². The molecule has 0 aliphatic rings. The van der Waals surface area contributed by atoms with E-state index in [4.69, 9.17) is 11.6 Å². The van der Waals surface area contributed by atoms with Gasteiger partial charge in [0, 0.05) is 6.07 Å². The van der Waals surface area contributed by atoms with Gasteiger partial charge >= 0.3 is 24.0 Å². The van der Waals surface area contributed by atoms with E-state index in [0.29, 0.717) is 17.7 Å². The van der Waals surface area contributed by atoms with Gasteiger partial charge in [0.25, 0.3) is 15.7 Å². The molecule has 0 heterocycles. The number of methoxy groups -OCH3 is 1. The topological polar surface area (TPSA) is 153 Å². The number of nitro benzene ring substituents is 2. The summed E-state index contributed by atoms with van der Waals surface area (Å²) in [5.41, 5.74) is -8.86. The van der Waals surface area contributed by atoms with Gasteiger partial charge in [0.1, 0.15) is 12.2 Å². The molecule has 0 spiro atoms. The van der Waals surface area contributed by atoms with Crippen LogP contribution >= 0.6 is 23.7 Å². The van der Waals surface area contributed by atoms with E-state index in [1.165, 1.54) is 12.1 Å². The van der Waals surface area contributed by atoms with Gasteiger partial charge in [-0.1, -0.05) is 29.3 Å². The Morgan fingerprint density at radius 3 is 2.04 bits per heavy atom. The van der Waals surface area contributed by atoms with Crippen molar-refractivity contribution in [2.75, 3.05) is 18.0 Å². The molecule has 0 aromatic heterocycles. The largest absolute Gasteiger partial charge is 0.468 e. The molecule has 0 radical (unpaired) electrons. The maximum absolute atomic E-state index is 14.4. The summed E-state index contributed by atoms with van der Waals surface area (Å²) in [7, 11) is -4.13. The third-order valence-corrected chi connectivity index (χ3v) is 9.22. The van der Waals surface area contributed by atoms with E-state index < -0.39 is 101 Å². The molecular weight excluding hydrogens is 686 g/mol. The van der Waals surface area contributed by atoms with Gasteiger partial charge in [-0.25, -0.2) is 8.42 Å². The molecule has 0 aliphatic heterocycles. The molecule has 0 saturated carbocycles. The molecule has 0 bridgehead atoms. The number of sulfonamides is 1. The Bertz CT molecular complexity index is 1760. The van der Waals surface area contributed by atoms with E-state index in [0.717, 1.165) is 19.2 Å². The van der Waals surface area contributed by atoms with Crippen molar-refractivity contribution in [1.82, 2.24) is 3.71 Å². The highest BCUT2D eigenvalue weighted by molar-refractivity contribution is 8.09. The average Bonchev–Trinajstić information content (AvgIpc) is 2.93. The first-order valence-electron chi connectivity index (χ1n) is 11.7. The van der Waals surface area contributed by atoms with Crippen LogP contribution in [0.25, 0.3) is 0 Å². The fourth-order valence-electron chi connectivity index (χ4n) is 3.57. The zero-order valence-electron chi connectivity index (χ0n) is 22.4. The van der Waals surface area contributed by atoms with Crippen LogP contribution in [-0.4, -0.2) is 41.6 Å². The Morgan fingerprint density at radius 2 is 1.56 bits per heavy atom. The van der Waals surface area contributed by atoms with E-state index in [2.05, 4.69) is 4.74 Å². The van der Waals surface area contributed by atoms with Crippen LogP contribution in [0.1, 0.15) is 16.7 Å². The smallest absolute Gasteiger partial charge is 0.418 e. The number of hydrogen-bond acceptors (Lipinski definition) is 10. The number of aryl methyl sites for hydroxylation is 1. The standard InChI is InChI=1S/C24H17ClF6N4O8S2/c1-13-3-6-16(7-4-13)45(41,42)32(12-21(36)43-2)44-33(19-9-14(23(26,27)28)5-8-18(19)25)22-17(24(29,30)31)10-15(34(37)38)11-20(22)35(39)40/h3-11H,12H2,1-2H3. The monoisotopic (exact) mass is 702 g/mol. The highest BCUT2D eigenvalue weighted by atomic mass is 35.5. The number of nitrogens with zero attached hydrogens (tertiary/aromatic N) is 4. The molecule has 12 nitrogen and oxygen atoms in total. The van der Waals surface area contributed by atoms with Gasteiger partial charge in [-0.15, -0.1) is 3.71 Å². The third-order valence-electron chi connectivity index (χ3n) is 5.73. The Balaban J connectivity index is 2.50. The van der Waals surface area contributed by atoms with Crippen LogP contribution in [0.3, 0.4) is 0 Å². The summed E-state index contributed by atoms with van der Waals surface area (Å²) in [4.78, 5) is 32.3. The Morgan fingerprint density at radius 1 is 0.956 bits per heavy atom. The van der Waals surface area contributed by atoms with Crippen molar-refractivity contribution < 1.29 is 54.1 Å². The lowest BCUT2D eigenvalue weighted by Crippen LogP contribution is -2.34. The van der Waals surface area contributed by atoms with Gasteiger partial charge in [-0.3, -0.25) is 29.3 Å². The van der Waals surface area contributed by atoms with Crippen LogP contribution in [0.4, 0.5) is 49.1 Å². The number of esters is 1. The van der Waals surface area contributed by atoms with Crippen LogP contribution in [-0.2, 0) is 31.9 Å². The maximum atomic E-state index is 14.4. The number of alkyl halides is 6. The number of anilines is 2. The second kappa shape index (κ2) is 13.1. The van der Waals surface area contributed by atoms with Gasteiger partial charge in [-0.2, -0.15) is 26.3 Å². The third kappa shape index (κ3) is 7.93. The number of halogens is 7. The molecule has 3 aromatic carbocycles. The average molecular weight is 703 g/mol. The molecule has 0 unspecified atom stereocenters. The molecule has 3 aromatic rings. The van der Waals surface area contributed by atoms with Gasteiger partial charge in [0.05, 0.1) is 61.9 Å². The molecular formula is C24H17ClF6N4O8S2. The number of benzene rings is 3. The van der Waals surface area contributed by atoms with Gasteiger partial charge in [0.2, 0.25) is 0 Å². The molecule has 0 amide bonds. The van der Waals surface area contributed by atoms with Crippen LogP contribution in [0.15, 0.2) is 59.5 Å². The lowest BCUT2D eigenvalue weighted by molar-refractivity contribution is -0.394. The lowest BCUT2D eigenvalue weighted by Gasteiger charge is -2.31.